The van der Waals surface area contributed by atoms with E-state index in [9.17, 15) is 0 Å². The van der Waals surface area contributed by atoms with E-state index in [4.69, 9.17) is 21.7 Å². The van der Waals surface area contributed by atoms with Crippen LogP contribution in [0.15, 0.2) is 73.1 Å². The number of nitrogens with one attached hydrogen (secondary N) is 2. The molecule has 6 nitrogen and oxygen atoms in total. The smallest absolute Gasteiger partial charge is 0.166 e. The van der Waals surface area contributed by atoms with Gasteiger partial charge < -0.3 is 20.1 Å². The maximum absolute atomic E-state index is 5.70. The molecule has 0 bridgehead atoms. The highest BCUT2D eigenvalue weighted by molar-refractivity contribution is 7.80. The van der Waals surface area contributed by atoms with E-state index in [1.54, 1.807) is 14.2 Å². The second-order valence-corrected chi connectivity index (χ2v) is 10.5. The summed E-state index contributed by atoms with van der Waals surface area (Å²) in [7, 11) is 3.40. The Bertz CT molecular complexity index is 1190. The van der Waals surface area contributed by atoms with Crippen LogP contribution in [0.25, 0.3) is 0 Å². The number of rotatable bonds is 8. The second-order valence-electron chi connectivity index (χ2n) is 10.1. The van der Waals surface area contributed by atoms with E-state index in [0.29, 0.717) is 12.1 Å². The van der Waals surface area contributed by atoms with E-state index in [0.717, 1.165) is 61.9 Å². The van der Waals surface area contributed by atoms with Crippen molar-refractivity contribution in [2.24, 2.45) is 0 Å². The third-order valence-electron chi connectivity index (χ3n) is 8.07. The average molecular weight is 517 g/mol. The first-order chi connectivity index (χ1) is 18.1. The zero-order valence-corrected chi connectivity index (χ0v) is 22.5. The first kappa shape index (κ1) is 25.5. The van der Waals surface area contributed by atoms with Gasteiger partial charge in [0.1, 0.15) is 0 Å². The number of benzene rings is 2. The van der Waals surface area contributed by atoms with Gasteiger partial charge in [0.2, 0.25) is 0 Å². The first-order valence-electron chi connectivity index (χ1n) is 13.0. The lowest BCUT2D eigenvalue weighted by atomic mass is 9.65. The highest BCUT2D eigenvalue weighted by Crippen LogP contribution is 2.50. The standard InChI is InChI=1S/C30H36N4O2S/c1-35-26-11-10-24(17-27(26)36-2)30-13-12-25(33-29(37)32-20-22-7-4-3-5-8-22)18-28(30)34(16-14-30)21-23-9-6-15-31-19-23/h3-11,15,17,19,25,28H,12-14,16,18,20-21H2,1-2H3,(H2,32,33,37). The van der Waals surface area contributed by atoms with Crippen molar-refractivity contribution < 1.29 is 9.47 Å². The predicted molar refractivity (Wildman–Crippen MR) is 151 cm³/mol. The van der Waals surface area contributed by atoms with Crippen molar-refractivity contribution in [2.45, 2.75) is 56.3 Å². The number of pyridine rings is 1. The van der Waals surface area contributed by atoms with Gasteiger partial charge in [0.05, 0.1) is 14.2 Å². The minimum Gasteiger partial charge on any atom is -0.493 e. The summed E-state index contributed by atoms with van der Waals surface area (Å²) in [6.45, 7) is 2.68. The predicted octanol–water partition coefficient (Wildman–Crippen LogP) is 4.83. The lowest BCUT2D eigenvalue weighted by molar-refractivity contribution is 0.134. The minimum absolute atomic E-state index is 0.0685. The van der Waals surface area contributed by atoms with E-state index >= 15 is 0 Å². The number of fused-ring (bicyclic) bond motifs is 1. The molecule has 2 heterocycles. The first-order valence-corrected chi connectivity index (χ1v) is 13.5. The number of hydrogen-bond acceptors (Lipinski definition) is 5. The number of methoxy groups -OCH3 is 2. The van der Waals surface area contributed by atoms with E-state index in [1.165, 1.54) is 16.7 Å². The Morgan fingerprint density at radius 2 is 1.84 bits per heavy atom. The van der Waals surface area contributed by atoms with Gasteiger partial charge in [-0.25, -0.2) is 0 Å². The van der Waals surface area contributed by atoms with E-state index in [2.05, 4.69) is 69.0 Å². The van der Waals surface area contributed by atoms with Crippen molar-refractivity contribution in [2.75, 3.05) is 20.8 Å². The zero-order valence-electron chi connectivity index (χ0n) is 21.7. The van der Waals surface area contributed by atoms with Crippen LogP contribution in [0.1, 0.15) is 42.4 Å². The maximum atomic E-state index is 5.70. The fourth-order valence-electron chi connectivity index (χ4n) is 6.19. The molecule has 3 atom stereocenters. The summed E-state index contributed by atoms with van der Waals surface area (Å²) in [6, 6.07) is 21.8. The molecule has 2 N–H and O–H groups in total. The van der Waals surface area contributed by atoms with Crippen LogP contribution >= 0.6 is 12.2 Å². The summed E-state index contributed by atoms with van der Waals surface area (Å²) in [5.74, 6) is 1.57. The van der Waals surface area contributed by atoms with Crippen LogP contribution in [0.5, 0.6) is 11.5 Å². The van der Waals surface area contributed by atoms with Crippen molar-refractivity contribution >= 4 is 17.3 Å². The topological polar surface area (TPSA) is 58.7 Å². The third kappa shape index (κ3) is 5.58. The van der Waals surface area contributed by atoms with Gasteiger partial charge in [-0.15, -0.1) is 0 Å². The van der Waals surface area contributed by atoms with Gasteiger partial charge in [0.15, 0.2) is 16.6 Å². The van der Waals surface area contributed by atoms with Crippen LogP contribution in [-0.2, 0) is 18.5 Å². The quantitative estimate of drug-likeness (QED) is 0.416. The van der Waals surface area contributed by atoms with E-state index in [1.807, 2.05) is 24.5 Å². The highest BCUT2D eigenvalue weighted by atomic mass is 32.1. The largest absolute Gasteiger partial charge is 0.493 e. The molecule has 1 aliphatic carbocycles. The normalized spacial score (nSPS) is 23.2. The Balaban J connectivity index is 1.35. The monoisotopic (exact) mass is 516 g/mol. The second kappa shape index (κ2) is 11.5. The molecule has 1 saturated heterocycles. The van der Waals surface area contributed by atoms with Gasteiger partial charge in [0.25, 0.3) is 0 Å². The van der Waals surface area contributed by atoms with Crippen molar-refractivity contribution in [3.8, 4) is 11.5 Å². The maximum Gasteiger partial charge on any atom is 0.166 e. The van der Waals surface area contributed by atoms with Gasteiger partial charge in [-0.2, -0.15) is 0 Å². The van der Waals surface area contributed by atoms with Crippen molar-refractivity contribution in [3.63, 3.8) is 0 Å². The average Bonchev–Trinajstić information content (AvgIpc) is 3.31. The molecule has 194 valence electrons. The van der Waals surface area contributed by atoms with Gasteiger partial charge in [-0.3, -0.25) is 9.88 Å². The Morgan fingerprint density at radius 1 is 1.03 bits per heavy atom. The third-order valence-corrected chi connectivity index (χ3v) is 8.33. The summed E-state index contributed by atoms with van der Waals surface area (Å²) in [4.78, 5) is 6.99. The number of thiocarbonyl (C=S) groups is 1. The van der Waals surface area contributed by atoms with Crippen molar-refractivity contribution in [1.29, 1.82) is 0 Å². The number of hydrogen-bond donors (Lipinski definition) is 2. The molecule has 2 aromatic carbocycles. The minimum atomic E-state index is 0.0685. The van der Waals surface area contributed by atoms with Crippen LogP contribution in [0, 0.1) is 0 Å². The molecule has 0 radical (unpaired) electrons. The number of aromatic nitrogens is 1. The molecule has 2 fully saturated rings. The number of nitrogens with zero attached hydrogens (tertiary/aromatic N) is 2. The molecular formula is C30H36N4O2S. The molecule has 2 aliphatic rings. The molecule has 0 amide bonds. The van der Waals surface area contributed by atoms with E-state index in [-0.39, 0.29) is 5.41 Å². The summed E-state index contributed by atoms with van der Waals surface area (Å²) < 4.78 is 11.2. The zero-order chi connectivity index (χ0) is 25.7. The lowest BCUT2D eigenvalue weighted by Crippen LogP contribution is -2.53. The molecule has 1 aliphatic heterocycles. The Kier molecular flexibility index (Phi) is 7.91. The lowest BCUT2D eigenvalue weighted by Gasteiger charge is -2.46. The van der Waals surface area contributed by atoms with Gasteiger partial charge >= 0.3 is 0 Å². The Hall–Kier alpha value is -3.16. The SMILES string of the molecule is COc1ccc(C23CCC(NC(=S)NCc4ccccc4)CC2N(Cc2cccnc2)CC3)cc1OC. The molecule has 1 saturated carbocycles. The number of likely N-dealkylation sites (tertiary alicyclic amines) is 1. The molecular weight excluding hydrogens is 480 g/mol. The van der Waals surface area contributed by atoms with Crippen molar-refractivity contribution in [1.82, 2.24) is 20.5 Å². The summed E-state index contributed by atoms with van der Waals surface area (Å²) in [5.41, 5.74) is 3.88. The highest BCUT2D eigenvalue weighted by Gasteiger charge is 2.51. The van der Waals surface area contributed by atoms with Gasteiger partial charge in [0, 0.05) is 43.0 Å². The van der Waals surface area contributed by atoms with Crippen LogP contribution < -0.4 is 20.1 Å². The number of ether oxygens (including phenoxy) is 2. The van der Waals surface area contributed by atoms with Crippen LogP contribution in [0.3, 0.4) is 0 Å². The van der Waals surface area contributed by atoms with Crippen LogP contribution in [0.2, 0.25) is 0 Å². The summed E-state index contributed by atoms with van der Waals surface area (Å²) in [5, 5.41) is 7.75. The fourth-order valence-corrected chi connectivity index (χ4v) is 6.43. The van der Waals surface area contributed by atoms with Gasteiger partial charge in [-0.1, -0.05) is 42.5 Å². The summed E-state index contributed by atoms with van der Waals surface area (Å²) in [6.07, 6.45) is 8.13. The molecule has 0 spiro atoms. The molecule has 7 heteroatoms. The van der Waals surface area contributed by atoms with Crippen molar-refractivity contribution in [3.05, 3.63) is 89.7 Å². The Labute approximate surface area is 225 Å². The molecule has 3 unspecified atom stereocenters. The fraction of sp³-hybridized carbons (Fsp3) is 0.400. The van der Waals surface area contributed by atoms with Gasteiger partial charge in [-0.05, 0) is 79.3 Å². The molecule has 5 rings (SSSR count). The van der Waals surface area contributed by atoms with Crippen LogP contribution in [-0.4, -0.2) is 47.8 Å². The Morgan fingerprint density at radius 3 is 2.59 bits per heavy atom. The molecule has 1 aromatic heterocycles. The van der Waals surface area contributed by atoms with Crippen LogP contribution in [0.4, 0.5) is 0 Å². The molecule has 37 heavy (non-hydrogen) atoms. The van der Waals surface area contributed by atoms with E-state index < -0.39 is 0 Å². The molecule has 3 aromatic rings. The summed E-state index contributed by atoms with van der Waals surface area (Å²) >= 11 is 5.70.